The summed E-state index contributed by atoms with van der Waals surface area (Å²) < 4.78 is 0. The second-order valence-electron chi connectivity index (χ2n) is 11.2. The van der Waals surface area contributed by atoms with Gasteiger partial charge in [-0.3, -0.25) is 9.59 Å². The fraction of sp³-hybridized carbons (Fsp3) is 0.562. The Balaban J connectivity index is 0.00000253. The van der Waals surface area contributed by atoms with E-state index >= 15 is 0 Å². The predicted octanol–water partition coefficient (Wildman–Crippen LogP) is -2.31. The summed E-state index contributed by atoms with van der Waals surface area (Å²) in [6.07, 6.45) is 11.7. The van der Waals surface area contributed by atoms with Gasteiger partial charge in [-0.1, -0.05) is 73.5 Å². The third-order valence-electron chi connectivity index (χ3n) is 8.40. The first kappa shape index (κ1) is 32.5. The van der Waals surface area contributed by atoms with Crippen LogP contribution in [-0.2, 0) is 0 Å². The zero-order valence-corrected chi connectivity index (χ0v) is 24.3. The van der Waals surface area contributed by atoms with Gasteiger partial charge >= 0.3 is 0 Å². The second-order valence-corrected chi connectivity index (χ2v) is 11.2. The highest BCUT2D eigenvalue weighted by molar-refractivity contribution is 5.98. The van der Waals surface area contributed by atoms with Crippen molar-refractivity contribution in [2.24, 2.45) is 11.8 Å². The molecule has 0 saturated carbocycles. The van der Waals surface area contributed by atoms with Crippen LogP contribution in [0.5, 0.6) is 0 Å². The summed E-state index contributed by atoms with van der Waals surface area (Å²) >= 11 is 0. The molecule has 2 saturated heterocycles. The predicted molar refractivity (Wildman–Crippen MR) is 146 cm³/mol. The number of Topliss-reactive ketones (excluding diaryl/α,β-unsaturated/α-hetero) is 2. The highest BCUT2D eigenvalue weighted by Gasteiger charge is 2.28. The first-order chi connectivity index (χ1) is 17.7. The van der Waals surface area contributed by atoms with Crippen molar-refractivity contribution in [2.75, 3.05) is 39.3 Å². The van der Waals surface area contributed by atoms with Crippen LogP contribution in [0.2, 0.25) is 0 Å². The zero-order valence-electron chi connectivity index (χ0n) is 22.8. The van der Waals surface area contributed by atoms with E-state index in [4.69, 9.17) is 0 Å². The number of carbonyl (C=O) groups is 2. The van der Waals surface area contributed by atoms with Crippen molar-refractivity contribution < 1.29 is 44.2 Å². The van der Waals surface area contributed by atoms with E-state index in [-0.39, 0.29) is 36.6 Å². The monoisotopic (exact) mass is 560 g/mol. The summed E-state index contributed by atoms with van der Waals surface area (Å²) in [6, 6.07) is 19.7. The molecule has 4 nitrogen and oxygen atoms in total. The number of ketones is 2. The van der Waals surface area contributed by atoms with Crippen LogP contribution in [0.25, 0.3) is 0 Å². The molecule has 6 heteroatoms. The number of piperidine rings is 2. The molecule has 2 aromatic rings. The Morgan fingerprint density at radius 2 is 0.895 bits per heavy atom. The SMILES string of the molecule is O=C(c1ccccc1)C(CCCCC(C[NH+]1CCCCC1)C(=O)c1ccccc1)C[NH+]1CCCCC1.[Cl-].[Cl-]. The lowest BCUT2D eigenvalue weighted by molar-refractivity contribution is -0.907. The number of hydrogen-bond acceptors (Lipinski definition) is 2. The Bertz CT molecular complexity index is 851. The average Bonchev–Trinajstić information content (AvgIpc) is 2.95. The molecule has 2 aliphatic rings. The summed E-state index contributed by atoms with van der Waals surface area (Å²) in [5.74, 6) is 0.777. The van der Waals surface area contributed by atoms with Crippen LogP contribution >= 0.6 is 0 Å². The van der Waals surface area contributed by atoms with Gasteiger partial charge in [0.15, 0.2) is 11.6 Å². The van der Waals surface area contributed by atoms with Crippen LogP contribution in [-0.4, -0.2) is 50.8 Å². The van der Waals surface area contributed by atoms with Crippen LogP contribution in [0.4, 0.5) is 0 Å². The molecular weight excluding hydrogens is 515 g/mol. The summed E-state index contributed by atoms with van der Waals surface area (Å²) in [6.45, 7) is 6.71. The number of hydrogen-bond donors (Lipinski definition) is 2. The van der Waals surface area contributed by atoms with Crippen LogP contribution in [0.3, 0.4) is 0 Å². The van der Waals surface area contributed by atoms with E-state index in [2.05, 4.69) is 0 Å². The van der Waals surface area contributed by atoms with Crippen LogP contribution in [0, 0.1) is 11.8 Å². The summed E-state index contributed by atoms with van der Waals surface area (Å²) in [5.41, 5.74) is 1.70. The quantitative estimate of drug-likeness (QED) is 0.213. The fourth-order valence-electron chi connectivity index (χ4n) is 6.32. The Hall–Kier alpha value is -1.72. The minimum atomic E-state index is 0. The number of carbonyl (C=O) groups excluding carboxylic acids is 2. The smallest absolute Gasteiger partial charge is 0.171 e. The minimum Gasteiger partial charge on any atom is -1.00 e. The molecule has 38 heavy (non-hydrogen) atoms. The van der Waals surface area contributed by atoms with Gasteiger partial charge in [-0.2, -0.15) is 0 Å². The van der Waals surface area contributed by atoms with Gasteiger partial charge in [-0.25, -0.2) is 0 Å². The van der Waals surface area contributed by atoms with Crippen molar-refractivity contribution in [3.63, 3.8) is 0 Å². The first-order valence-electron chi connectivity index (χ1n) is 14.6. The van der Waals surface area contributed by atoms with Crippen molar-refractivity contribution in [1.29, 1.82) is 0 Å². The second kappa shape index (κ2) is 17.8. The number of unbranched alkanes of at least 4 members (excludes halogenated alkanes) is 1. The normalized spacial score (nSPS) is 18.0. The maximum Gasteiger partial charge on any atom is 0.171 e. The third-order valence-corrected chi connectivity index (χ3v) is 8.40. The van der Waals surface area contributed by atoms with Crippen molar-refractivity contribution in [2.45, 2.75) is 64.2 Å². The Morgan fingerprint density at radius 1 is 0.553 bits per heavy atom. The molecule has 2 N–H and O–H groups in total. The molecule has 2 atom stereocenters. The summed E-state index contributed by atoms with van der Waals surface area (Å²) in [4.78, 5) is 30.1. The summed E-state index contributed by atoms with van der Waals surface area (Å²) in [5, 5.41) is 0. The Labute approximate surface area is 242 Å². The molecular formula is C32H46Cl2N2O2. The largest absolute Gasteiger partial charge is 1.00 e. The minimum absolute atomic E-state index is 0. The lowest BCUT2D eigenvalue weighted by atomic mass is 9.88. The van der Waals surface area contributed by atoms with Crippen molar-refractivity contribution >= 4 is 11.6 Å². The van der Waals surface area contributed by atoms with E-state index in [9.17, 15) is 9.59 Å². The molecule has 210 valence electrons. The standard InChI is InChI=1S/C32H44N2O2.2ClH/c35-31(27-15-5-1-6-16-27)29(25-33-21-11-3-12-22-33)19-9-10-20-30(26-34-23-13-4-14-24-34)32(36)28-17-7-2-8-18-28;;/h1-2,5-8,15-18,29-30H,3-4,9-14,19-26H2;2*1H. The van der Waals surface area contributed by atoms with E-state index in [1.165, 1.54) is 64.7 Å². The average molecular weight is 562 g/mol. The van der Waals surface area contributed by atoms with E-state index in [1.807, 2.05) is 60.7 Å². The number of rotatable bonds is 13. The number of nitrogens with one attached hydrogen (secondary N) is 2. The number of halogens is 2. The molecule has 0 aliphatic carbocycles. The molecule has 0 bridgehead atoms. The number of benzene rings is 2. The summed E-state index contributed by atoms with van der Waals surface area (Å²) in [7, 11) is 0. The maximum absolute atomic E-state index is 13.4. The van der Waals surface area contributed by atoms with E-state index in [0.29, 0.717) is 11.6 Å². The Kier molecular flexibility index (Phi) is 15.2. The number of likely N-dealkylation sites (tertiary alicyclic amines) is 2. The highest BCUT2D eigenvalue weighted by Crippen LogP contribution is 2.20. The zero-order chi connectivity index (χ0) is 25.0. The molecule has 0 amide bonds. The first-order valence-corrected chi connectivity index (χ1v) is 14.6. The molecule has 2 unspecified atom stereocenters. The topological polar surface area (TPSA) is 43.0 Å². The van der Waals surface area contributed by atoms with Gasteiger partial charge in [-0.05, 0) is 51.4 Å². The molecule has 0 aromatic heterocycles. The van der Waals surface area contributed by atoms with E-state index in [0.717, 1.165) is 49.9 Å². The lowest BCUT2D eigenvalue weighted by Crippen LogP contribution is -3.13. The number of quaternary nitrogens is 2. The third kappa shape index (κ3) is 10.1. The van der Waals surface area contributed by atoms with Crippen molar-refractivity contribution in [3.05, 3.63) is 71.8 Å². The Morgan fingerprint density at radius 3 is 1.24 bits per heavy atom. The van der Waals surface area contributed by atoms with Crippen LogP contribution in [0.15, 0.2) is 60.7 Å². The molecule has 4 rings (SSSR count). The van der Waals surface area contributed by atoms with Gasteiger partial charge < -0.3 is 34.6 Å². The van der Waals surface area contributed by atoms with Crippen LogP contribution in [0.1, 0.15) is 84.9 Å². The van der Waals surface area contributed by atoms with Gasteiger partial charge in [0.1, 0.15) is 0 Å². The molecule has 2 aliphatic heterocycles. The van der Waals surface area contributed by atoms with Crippen LogP contribution < -0.4 is 34.6 Å². The van der Waals surface area contributed by atoms with E-state index < -0.39 is 0 Å². The molecule has 0 spiro atoms. The fourth-order valence-corrected chi connectivity index (χ4v) is 6.32. The van der Waals surface area contributed by atoms with Gasteiger partial charge in [0.05, 0.1) is 51.1 Å². The van der Waals surface area contributed by atoms with E-state index in [1.54, 1.807) is 9.80 Å². The van der Waals surface area contributed by atoms with Gasteiger partial charge in [-0.15, -0.1) is 0 Å². The molecule has 0 radical (unpaired) electrons. The van der Waals surface area contributed by atoms with Crippen molar-refractivity contribution in [1.82, 2.24) is 0 Å². The van der Waals surface area contributed by atoms with Crippen molar-refractivity contribution in [3.8, 4) is 0 Å². The van der Waals surface area contributed by atoms with Gasteiger partial charge in [0, 0.05) is 11.1 Å². The van der Waals surface area contributed by atoms with Gasteiger partial charge in [0.2, 0.25) is 0 Å². The molecule has 2 aromatic carbocycles. The van der Waals surface area contributed by atoms with Gasteiger partial charge in [0.25, 0.3) is 0 Å². The molecule has 2 heterocycles. The maximum atomic E-state index is 13.4. The molecule has 2 fully saturated rings. The lowest BCUT2D eigenvalue weighted by Gasteiger charge is -2.28. The highest BCUT2D eigenvalue weighted by atomic mass is 35.5.